The number of nitro groups is 1. The van der Waals surface area contributed by atoms with Crippen LogP contribution in [0, 0.1) is 22.0 Å². The molecule has 8 nitrogen and oxygen atoms in total. The third-order valence-corrected chi connectivity index (χ3v) is 6.69. The van der Waals surface area contributed by atoms with Crippen LogP contribution in [0.4, 0.5) is 43.7 Å². The number of alkyl halides is 6. The van der Waals surface area contributed by atoms with E-state index >= 15 is 0 Å². The Morgan fingerprint density at radius 2 is 1.56 bits per heavy atom. The van der Waals surface area contributed by atoms with Crippen LogP contribution in [0.3, 0.4) is 0 Å². The molecule has 0 bridgehead atoms. The molecular weight excluding hydrogens is 474 g/mol. The molecule has 3 rings (SSSR count). The molecule has 0 atom stereocenters. The Hall–Kier alpha value is -2.80. The summed E-state index contributed by atoms with van der Waals surface area (Å²) in [6.07, 6.45) is -9.38. The van der Waals surface area contributed by atoms with Crippen molar-refractivity contribution in [3.63, 3.8) is 0 Å². The fourth-order valence-corrected chi connectivity index (χ4v) is 4.66. The predicted octanol–water partition coefficient (Wildman–Crippen LogP) is 5.02. The van der Waals surface area contributed by atoms with Gasteiger partial charge in [0.15, 0.2) is 0 Å². The zero-order chi connectivity index (χ0) is 25.4. The SMILES string of the molecule is CN(c1nc(N2CCC(C(F)(F)F)CC2)c(C(=O)O)cc1[N+](=O)[O-])C1CCC(C(F)(F)F)CC1. The van der Waals surface area contributed by atoms with Gasteiger partial charge in [0.2, 0.25) is 5.82 Å². The third-order valence-electron chi connectivity index (χ3n) is 6.69. The number of halogens is 6. The Balaban J connectivity index is 1.91. The zero-order valence-corrected chi connectivity index (χ0v) is 18.2. The van der Waals surface area contributed by atoms with Gasteiger partial charge in [0.25, 0.3) is 0 Å². The highest BCUT2D eigenvalue weighted by molar-refractivity contribution is 5.95. The molecule has 0 spiro atoms. The highest BCUT2D eigenvalue weighted by Gasteiger charge is 2.44. The Morgan fingerprint density at radius 3 is 2.00 bits per heavy atom. The summed E-state index contributed by atoms with van der Waals surface area (Å²) >= 11 is 0. The van der Waals surface area contributed by atoms with E-state index in [9.17, 15) is 46.4 Å². The van der Waals surface area contributed by atoms with Gasteiger partial charge in [0, 0.05) is 32.2 Å². The molecule has 14 heteroatoms. The summed E-state index contributed by atoms with van der Waals surface area (Å²) in [5.74, 6) is -4.94. The summed E-state index contributed by atoms with van der Waals surface area (Å²) in [4.78, 5) is 29.6. The molecule has 2 aliphatic rings. The minimum atomic E-state index is -4.38. The molecule has 1 aliphatic carbocycles. The minimum Gasteiger partial charge on any atom is -0.478 e. The smallest absolute Gasteiger partial charge is 0.391 e. The van der Waals surface area contributed by atoms with E-state index in [2.05, 4.69) is 4.98 Å². The molecule has 1 aromatic rings. The number of aromatic carboxylic acids is 1. The number of rotatable bonds is 5. The van der Waals surface area contributed by atoms with E-state index in [4.69, 9.17) is 0 Å². The van der Waals surface area contributed by atoms with Crippen molar-refractivity contribution in [2.45, 2.75) is 56.9 Å². The van der Waals surface area contributed by atoms with Gasteiger partial charge in [0.1, 0.15) is 11.4 Å². The standard InChI is InChI=1S/C20H24F6N4O4/c1-28(13-4-2-11(3-5-13)19(21,22)23)17-15(30(33)34)10-14(18(31)32)16(27-17)29-8-6-12(7-9-29)20(24,25)26/h10-13H,2-9H2,1H3,(H,31,32). The van der Waals surface area contributed by atoms with Crippen LogP contribution in [0.5, 0.6) is 0 Å². The first-order valence-electron chi connectivity index (χ1n) is 10.7. The summed E-state index contributed by atoms with van der Waals surface area (Å²) in [7, 11) is 1.44. The van der Waals surface area contributed by atoms with E-state index in [0.29, 0.717) is 0 Å². The third kappa shape index (κ3) is 5.46. The van der Waals surface area contributed by atoms with E-state index in [0.717, 1.165) is 6.07 Å². The maximum Gasteiger partial charge on any atom is 0.391 e. The number of carboxylic acid groups (broad SMARTS) is 1. The fraction of sp³-hybridized carbons (Fsp3) is 0.700. The van der Waals surface area contributed by atoms with E-state index in [1.165, 1.54) is 16.8 Å². The number of carbonyl (C=O) groups is 1. The number of anilines is 2. The molecule has 1 aromatic heterocycles. The van der Waals surface area contributed by atoms with Crippen molar-refractivity contribution in [2.75, 3.05) is 29.9 Å². The van der Waals surface area contributed by atoms with Crippen molar-refractivity contribution in [1.29, 1.82) is 0 Å². The average molecular weight is 498 g/mol. The molecule has 1 aliphatic heterocycles. The second-order valence-electron chi connectivity index (χ2n) is 8.73. The molecule has 190 valence electrons. The highest BCUT2D eigenvalue weighted by atomic mass is 19.4. The van der Waals surface area contributed by atoms with E-state index < -0.39 is 52.4 Å². The lowest BCUT2D eigenvalue weighted by atomic mass is 9.85. The highest BCUT2D eigenvalue weighted by Crippen LogP contribution is 2.42. The number of hydrogen-bond acceptors (Lipinski definition) is 6. The summed E-state index contributed by atoms with van der Waals surface area (Å²) < 4.78 is 78.0. The summed E-state index contributed by atoms with van der Waals surface area (Å²) in [5, 5.41) is 21.2. The summed E-state index contributed by atoms with van der Waals surface area (Å²) in [5.41, 5.74) is -1.15. The van der Waals surface area contributed by atoms with Gasteiger partial charge in [-0.25, -0.2) is 9.78 Å². The number of carboxylic acids is 1. The maximum absolute atomic E-state index is 13.0. The molecule has 1 N–H and O–H groups in total. The number of piperidine rings is 1. The number of aromatic nitrogens is 1. The number of hydrogen-bond donors (Lipinski definition) is 1. The molecule has 1 saturated carbocycles. The first-order valence-corrected chi connectivity index (χ1v) is 10.7. The Labute approximate surface area is 190 Å². The quantitative estimate of drug-likeness (QED) is 0.346. The second kappa shape index (κ2) is 9.45. The van der Waals surface area contributed by atoms with Crippen molar-refractivity contribution < 1.29 is 41.2 Å². The van der Waals surface area contributed by atoms with Crippen LogP contribution in [0.1, 0.15) is 48.9 Å². The van der Waals surface area contributed by atoms with Gasteiger partial charge < -0.3 is 14.9 Å². The van der Waals surface area contributed by atoms with Crippen LogP contribution in [0.25, 0.3) is 0 Å². The molecule has 0 unspecified atom stereocenters. The predicted molar refractivity (Wildman–Crippen MR) is 109 cm³/mol. The zero-order valence-electron chi connectivity index (χ0n) is 18.2. The van der Waals surface area contributed by atoms with Gasteiger partial charge in [0.05, 0.1) is 16.8 Å². The van der Waals surface area contributed by atoms with E-state index in [1.807, 2.05) is 0 Å². The average Bonchev–Trinajstić information content (AvgIpc) is 2.76. The normalized spacial score (nSPS) is 22.5. The largest absolute Gasteiger partial charge is 0.478 e. The molecule has 0 radical (unpaired) electrons. The lowest BCUT2D eigenvalue weighted by molar-refractivity contribution is -0.384. The Morgan fingerprint density at radius 1 is 1.06 bits per heavy atom. The molecule has 0 amide bonds. The number of pyridine rings is 1. The van der Waals surface area contributed by atoms with Crippen molar-refractivity contribution >= 4 is 23.3 Å². The van der Waals surface area contributed by atoms with Crippen LogP contribution >= 0.6 is 0 Å². The van der Waals surface area contributed by atoms with Gasteiger partial charge in [-0.1, -0.05) is 0 Å². The topological polar surface area (TPSA) is 99.8 Å². The molecule has 2 heterocycles. The molecule has 2 fully saturated rings. The molecular formula is C20H24F6N4O4. The van der Waals surface area contributed by atoms with Crippen molar-refractivity contribution in [3.05, 3.63) is 21.7 Å². The van der Waals surface area contributed by atoms with Gasteiger partial charge >= 0.3 is 24.0 Å². The summed E-state index contributed by atoms with van der Waals surface area (Å²) in [6.45, 7) is -0.287. The van der Waals surface area contributed by atoms with Gasteiger partial charge in [-0.15, -0.1) is 0 Å². The summed E-state index contributed by atoms with van der Waals surface area (Å²) in [6, 6.07) is 0.317. The van der Waals surface area contributed by atoms with Crippen LogP contribution in [-0.2, 0) is 0 Å². The first kappa shape index (κ1) is 25.8. The van der Waals surface area contributed by atoms with E-state index in [-0.39, 0.29) is 63.3 Å². The first-order chi connectivity index (χ1) is 15.7. The second-order valence-corrected chi connectivity index (χ2v) is 8.73. The van der Waals surface area contributed by atoms with Gasteiger partial charge in [-0.05, 0) is 38.5 Å². The van der Waals surface area contributed by atoms with Crippen LogP contribution < -0.4 is 9.80 Å². The molecule has 0 aromatic carbocycles. The lowest BCUT2D eigenvalue weighted by Crippen LogP contribution is -2.41. The van der Waals surface area contributed by atoms with Crippen LogP contribution in [0.2, 0.25) is 0 Å². The van der Waals surface area contributed by atoms with E-state index in [1.54, 1.807) is 0 Å². The van der Waals surface area contributed by atoms with Crippen LogP contribution in [0.15, 0.2) is 6.07 Å². The van der Waals surface area contributed by atoms with Gasteiger partial charge in [-0.3, -0.25) is 10.1 Å². The monoisotopic (exact) mass is 498 g/mol. The molecule has 1 saturated heterocycles. The maximum atomic E-state index is 13.0. The van der Waals surface area contributed by atoms with Crippen molar-refractivity contribution in [3.8, 4) is 0 Å². The lowest BCUT2D eigenvalue weighted by Gasteiger charge is -2.37. The minimum absolute atomic E-state index is 0.104. The molecule has 34 heavy (non-hydrogen) atoms. The number of nitrogens with zero attached hydrogens (tertiary/aromatic N) is 4. The van der Waals surface area contributed by atoms with Crippen LogP contribution in [-0.4, -0.2) is 59.5 Å². The van der Waals surface area contributed by atoms with Crippen molar-refractivity contribution in [2.24, 2.45) is 11.8 Å². The Kier molecular flexibility index (Phi) is 7.18. The fourth-order valence-electron chi connectivity index (χ4n) is 4.66. The van der Waals surface area contributed by atoms with Gasteiger partial charge in [-0.2, -0.15) is 26.3 Å². The van der Waals surface area contributed by atoms with Crippen molar-refractivity contribution in [1.82, 2.24) is 4.98 Å². The Bertz CT molecular complexity index is 923.